The smallest absolute Gasteiger partial charge is 0.0410 e. The normalized spacial score (nSPS) is 8.77. The van der Waals surface area contributed by atoms with Gasteiger partial charge >= 0.3 is 0 Å². The predicted octanol–water partition coefficient (Wildman–Crippen LogP) is 4.55. The Morgan fingerprint density at radius 2 is 1.46 bits per heavy atom. The van der Waals surface area contributed by atoms with Crippen LogP contribution in [-0.2, 0) is 0 Å². The van der Waals surface area contributed by atoms with Crippen LogP contribution in [0.1, 0.15) is 46.0 Å². The standard InChI is InChI=1S/C7H15.C4H11Si.Eu/c1-3-5-7-6-4-2;1-4-5(2)3;/h1,3-7H2,2H3;4H2,1-3H3;/q-1;;. The van der Waals surface area contributed by atoms with Crippen LogP contribution in [0.5, 0.6) is 0 Å². The Morgan fingerprint density at radius 1 is 1.00 bits per heavy atom. The average molecular weight is 338 g/mol. The molecule has 0 fully saturated rings. The summed E-state index contributed by atoms with van der Waals surface area (Å²) in [6.07, 6.45) is 6.52. The van der Waals surface area contributed by atoms with E-state index in [4.69, 9.17) is 0 Å². The largest absolute Gasteiger partial charge is 0.343 e. The van der Waals surface area contributed by atoms with Crippen molar-refractivity contribution < 1.29 is 49.4 Å². The molecule has 0 amide bonds. The molecule has 0 saturated carbocycles. The van der Waals surface area contributed by atoms with E-state index in [9.17, 15) is 0 Å². The molecule has 0 aliphatic rings. The molecule has 0 atom stereocenters. The summed E-state index contributed by atoms with van der Waals surface area (Å²) in [7, 11) is 0.126. The van der Waals surface area contributed by atoms with Gasteiger partial charge in [0.25, 0.3) is 0 Å². The van der Waals surface area contributed by atoms with Crippen LogP contribution < -0.4 is 0 Å². The van der Waals surface area contributed by atoms with E-state index in [1.807, 2.05) is 0 Å². The first-order valence-electron chi connectivity index (χ1n) is 5.27. The molecule has 0 spiro atoms. The third-order valence-electron chi connectivity index (χ3n) is 1.81. The summed E-state index contributed by atoms with van der Waals surface area (Å²) in [5.74, 6) is 0. The summed E-state index contributed by atoms with van der Waals surface area (Å²) in [6, 6.07) is 1.41. The SMILES string of the molecule is CC[Si](C)C.[CH2-]CCCCCC.[Eu]. The third-order valence-corrected chi connectivity index (χ3v) is 3.22. The Bertz CT molecular complexity index is 61.1. The van der Waals surface area contributed by atoms with Gasteiger partial charge in [-0.3, -0.25) is 0 Å². The van der Waals surface area contributed by atoms with Crippen molar-refractivity contribution in [1.82, 2.24) is 0 Å². The molecular weight excluding hydrogens is 312 g/mol. The molecule has 0 aromatic heterocycles. The summed E-state index contributed by atoms with van der Waals surface area (Å²) >= 11 is 0. The van der Waals surface area contributed by atoms with E-state index in [1.165, 1.54) is 31.7 Å². The zero-order valence-corrected chi connectivity index (χ0v) is 13.3. The zero-order chi connectivity index (χ0) is 9.82. The molecule has 13 heavy (non-hydrogen) atoms. The van der Waals surface area contributed by atoms with Crippen LogP contribution in [0.25, 0.3) is 0 Å². The zero-order valence-electron chi connectivity index (χ0n) is 9.83. The van der Waals surface area contributed by atoms with Gasteiger partial charge in [0, 0.05) is 58.2 Å². The maximum atomic E-state index is 3.76. The van der Waals surface area contributed by atoms with Gasteiger partial charge in [0.2, 0.25) is 0 Å². The van der Waals surface area contributed by atoms with Crippen molar-refractivity contribution in [2.75, 3.05) is 0 Å². The van der Waals surface area contributed by atoms with Crippen molar-refractivity contribution in [2.45, 2.75) is 65.1 Å². The number of unbranched alkanes of at least 4 members (excludes halogenated alkanes) is 4. The first-order chi connectivity index (χ1) is 5.68. The fourth-order valence-electron chi connectivity index (χ4n) is 0.604. The predicted molar refractivity (Wildman–Crippen MR) is 62.1 cm³/mol. The molecule has 2 radical (unpaired) electrons. The molecular formula is C11H26EuSi-. The van der Waals surface area contributed by atoms with Crippen LogP contribution in [0.2, 0.25) is 19.1 Å². The van der Waals surface area contributed by atoms with Crippen LogP contribution in [-0.4, -0.2) is 8.80 Å². The summed E-state index contributed by atoms with van der Waals surface area (Å²) < 4.78 is 0. The van der Waals surface area contributed by atoms with Crippen LogP contribution >= 0.6 is 0 Å². The van der Waals surface area contributed by atoms with Crippen molar-refractivity contribution >= 4 is 8.80 Å². The van der Waals surface area contributed by atoms with E-state index in [0.717, 1.165) is 6.42 Å². The minimum atomic E-state index is 0. The van der Waals surface area contributed by atoms with E-state index in [2.05, 4.69) is 33.9 Å². The van der Waals surface area contributed by atoms with E-state index in [0.29, 0.717) is 0 Å². The first kappa shape index (κ1) is 20.2. The minimum Gasteiger partial charge on any atom is -0.343 e. The second-order valence-electron chi connectivity index (χ2n) is 3.47. The maximum Gasteiger partial charge on any atom is 0.0410 e. The molecule has 0 aliphatic carbocycles. The quantitative estimate of drug-likeness (QED) is 0.392. The van der Waals surface area contributed by atoms with Gasteiger partial charge in [-0.05, 0) is 0 Å². The van der Waals surface area contributed by atoms with Crippen molar-refractivity contribution in [1.29, 1.82) is 0 Å². The number of hydrogen-bond acceptors (Lipinski definition) is 0. The summed E-state index contributed by atoms with van der Waals surface area (Å²) in [5.41, 5.74) is 0. The van der Waals surface area contributed by atoms with E-state index < -0.39 is 0 Å². The second kappa shape index (κ2) is 19.4. The van der Waals surface area contributed by atoms with Crippen LogP contribution in [0.15, 0.2) is 0 Å². The van der Waals surface area contributed by atoms with Crippen molar-refractivity contribution in [3.63, 3.8) is 0 Å². The van der Waals surface area contributed by atoms with Gasteiger partial charge < -0.3 is 6.92 Å². The second-order valence-corrected chi connectivity index (χ2v) is 6.60. The number of hydrogen-bond donors (Lipinski definition) is 0. The first-order valence-corrected chi connectivity index (χ1v) is 7.97. The van der Waals surface area contributed by atoms with Crippen LogP contribution in [0.3, 0.4) is 0 Å². The Morgan fingerprint density at radius 3 is 1.69 bits per heavy atom. The van der Waals surface area contributed by atoms with E-state index in [-0.39, 0.29) is 58.2 Å². The van der Waals surface area contributed by atoms with Crippen molar-refractivity contribution in [3.8, 4) is 0 Å². The Kier molecular flexibility index (Phi) is 30.2. The summed E-state index contributed by atoms with van der Waals surface area (Å²) in [6.45, 7) is 12.9. The van der Waals surface area contributed by atoms with Crippen molar-refractivity contribution in [2.24, 2.45) is 0 Å². The fraction of sp³-hybridized carbons (Fsp3) is 0.909. The molecule has 0 bridgehead atoms. The fourth-order valence-corrected chi connectivity index (χ4v) is 0.604. The van der Waals surface area contributed by atoms with E-state index >= 15 is 0 Å². The van der Waals surface area contributed by atoms with Gasteiger partial charge in [-0.2, -0.15) is 6.42 Å². The van der Waals surface area contributed by atoms with E-state index in [1.54, 1.807) is 0 Å². The van der Waals surface area contributed by atoms with Gasteiger partial charge in [0.1, 0.15) is 0 Å². The molecule has 0 rings (SSSR count). The molecule has 2 heteroatoms. The molecule has 0 unspecified atom stereocenters. The molecule has 0 N–H and O–H groups in total. The Balaban J connectivity index is -0.000000150. The molecule has 0 nitrogen and oxygen atoms in total. The third kappa shape index (κ3) is 31.6. The Labute approximate surface area is 128 Å². The van der Waals surface area contributed by atoms with Crippen molar-refractivity contribution in [3.05, 3.63) is 6.92 Å². The van der Waals surface area contributed by atoms with Gasteiger partial charge in [0.05, 0.1) is 0 Å². The topological polar surface area (TPSA) is 0 Å². The van der Waals surface area contributed by atoms with Crippen LogP contribution in [0, 0.1) is 56.3 Å². The molecule has 0 saturated heterocycles. The molecule has 0 heterocycles. The van der Waals surface area contributed by atoms with Crippen LogP contribution in [0.4, 0.5) is 0 Å². The number of rotatable bonds is 5. The molecule has 0 aliphatic heterocycles. The Hall–Kier alpha value is 1.80. The average Bonchev–Trinajstić information content (AvgIpc) is 2.07. The summed E-state index contributed by atoms with van der Waals surface area (Å²) in [4.78, 5) is 0. The molecule has 82 valence electrons. The molecule has 0 aromatic carbocycles. The van der Waals surface area contributed by atoms with Gasteiger partial charge in [-0.15, -0.1) is 0 Å². The minimum absolute atomic E-state index is 0. The van der Waals surface area contributed by atoms with Gasteiger partial charge in [-0.25, -0.2) is 0 Å². The maximum absolute atomic E-state index is 3.76. The monoisotopic (exact) mass is 339 g/mol. The van der Waals surface area contributed by atoms with Gasteiger partial charge in [-0.1, -0.05) is 58.7 Å². The van der Waals surface area contributed by atoms with Gasteiger partial charge in [0.15, 0.2) is 0 Å². The summed E-state index contributed by atoms with van der Waals surface area (Å²) in [5, 5.41) is 0. The molecule has 0 aromatic rings.